The first-order valence-electron chi connectivity index (χ1n) is 43.3. The third kappa shape index (κ3) is 23.2. The molecule has 0 radical (unpaired) electrons. The van der Waals surface area contributed by atoms with Crippen LogP contribution in [-0.2, 0) is 79.8 Å². The predicted molar refractivity (Wildman–Crippen MR) is 521 cm³/mol. The molecule has 129 heavy (non-hydrogen) atoms. The quantitative estimate of drug-likeness (QED) is 0.110. The van der Waals surface area contributed by atoms with Gasteiger partial charge in [0.1, 0.15) is 41.0 Å². The molecule has 2 atom stereocenters. The summed E-state index contributed by atoms with van der Waals surface area (Å²) in [6.07, 6.45) is 10.5. The van der Waals surface area contributed by atoms with Crippen LogP contribution in [0.5, 0.6) is 0 Å². The molecule has 37 heteroatoms. The van der Waals surface area contributed by atoms with Gasteiger partial charge in [0.2, 0.25) is 60.1 Å². The first-order chi connectivity index (χ1) is 61.3. The fourth-order valence-corrected chi connectivity index (χ4v) is 29.4. The third-order valence-electron chi connectivity index (χ3n) is 24.5. The lowest BCUT2D eigenvalue weighted by molar-refractivity contribution is 0.331. The number of anilines is 6. The number of halogens is 7. The van der Waals surface area contributed by atoms with Gasteiger partial charge < -0.3 is 29.4 Å². The van der Waals surface area contributed by atoms with E-state index in [2.05, 4.69) is 64.5 Å². The van der Waals surface area contributed by atoms with Gasteiger partial charge in [0.05, 0.1) is 34.1 Å². The van der Waals surface area contributed by atoms with E-state index in [0.717, 1.165) is 143 Å². The van der Waals surface area contributed by atoms with Gasteiger partial charge in [0, 0.05) is 181 Å². The highest BCUT2D eigenvalue weighted by molar-refractivity contribution is 9.11. The number of unbranched alkanes of at least 4 members (excludes halogenated alkanes) is 1. The molecule has 24 nitrogen and oxygen atoms in total. The van der Waals surface area contributed by atoms with Gasteiger partial charge in [-0.3, -0.25) is 0 Å². The molecule has 3 fully saturated rings. The van der Waals surface area contributed by atoms with Crippen LogP contribution >= 0.6 is 71.0 Å². The number of sulfonamides is 6. The summed E-state index contributed by atoms with van der Waals surface area (Å²) in [7, 11) is -13.2. The van der Waals surface area contributed by atoms with Crippen LogP contribution in [0, 0.1) is 17.6 Å². The van der Waals surface area contributed by atoms with Crippen LogP contribution in [0.4, 0.5) is 42.9 Å². The average molecular weight is 2120 g/mol. The van der Waals surface area contributed by atoms with Crippen molar-refractivity contribution in [3.63, 3.8) is 0 Å². The molecule has 18 rings (SSSR count). The van der Waals surface area contributed by atoms with Crippen molar-refractivity contribution in [2.45, 2.75) is 152 Å². The predicted octanol–water partition coefficient (Wildman–Crippen LogP) is 17.7. The van der Waals surface area contributed by atoms with Crippen LogP contribution in [0.2, 0.25) is 10.0 Å². The van der Waals surface area contributed by atoms with Crippen LogP contribution in [0.3, 0.4) is 0 Å². The number of hydrogen-bond donors (Lipinski definition) is 0. The number of rotatable bonds is 12. The van der Waals surface area contributed by atoms with E-state index in [1.807, 2.05) is 128 Å². The molecule has 9 aromatic rings. The highest BCUT2D eigenvalue weighted by Crippen LogP contribution is 2.44. The highest BCUT2D eigenvalue weighted by atomic mass is 79.9. The molecule has 1 saturated carbocycles. The van der Waals surface area contributed by atoms with Crippen molar-refractivity contribution in [3.8, 4) is 0 Å². The van der Waals surface area contributed by atoms with E-state index >= 15 is 0 Å². The second kappa shape index (κ2) is 42.8. The number of likely N-dealkylation sites (N-methyl/N-ethyl adjacent to an activating group) is 4. The summed E-state index contributed by atoms with van der Waals surface area (Å²) in [5, 5.41) is 1.04. The number of fused-ring (bicyclic) bond motifs is 10. The zero-order valence-electron chi connectivity index (χ0n) is 73.2. The summed E-state index contributed by atoms with van der Waals surface area (Å²) in [6.45, 7) is 15.7. The van der Waals surface area contributed by atoms with Crippen LogP contribution in [0.25, 0.3) is 0 Å². The molecule has 8 aliphatic heterocycles. The Balaban J connectivity index is 0.000000133. The van der Waals surface area contributed by atoms with E-state index < -0.39 is 60.1 Å². The number of benzene rings is 9. The largest absolute Gasteiger partial charge is 0.372 e. The van der Waals surface area contributed by atoms with Crippen LogP contribution < -0.4 is 29.4 Å². The number of hydrogen-bond acceptors (Lipinski definition) is 18. The maximum atomic E-state index is 13.2. The van der Waals surface area contributed by atoms with Crippen LogP contribution in [-0.4, -0.2) is 214 Å². The van der Waals surface area contributed by atoms with Gasteiger partial charge in [0.15, 0.2) is 0 Å². The Labute approximate surface area is 796 Å². The smallest absolute Gasteiger partial charge is 0.245 e. The molecule has 0 bridgehead atoms. The van der Waals surface area contributed by atoms with Crippen molar-refractivity contribution in [2.75, 3.05) is 149 Å². The Morgan fingerprint density at radius 3 is 1.19 bits per heavy atom. The minimum Gasteiger partial charge on any atom is -0.372 e. The summed E-state index contributed by atoms with van der Waals surface area (Å²) < 4.78 is 194. The molecule has 1 aliphatic carbocycles. The monoisotopic (exact) mass is 2110 g/mol. The summed E-state index contributed by atoms with van der Waals surface area (Å²) in [5.41, 5.74) is 7.06. The van der Waals surface area contributed by atoms with E-state index in [1.165, 1.54) is 43.2 Å². The summed E-state index contributed by atoms with van der Waals surface area (Å²) >= 11 is 22.2. The minimum atomic E-state index is -3.61. The van der Waals surface area contributed by atoms with E-state index in [1.54, 1.807) is 110 Å². The zero-order chi connectivity index (χ0) is 92.7. The first-order valence-corrected chi connectivity index (χ1v) is 55.1. The molecule has 0 amide bonds. The summed E-state index contributed by atoms with van der Waals surface area (Å²) in [5.74, 6) is -0.322. The molecule has 2 saturated heterocycles. The SMILES string of the molecule is CC(C)CN1CCN(C)c2ccccc2S1(=O)=O.CCCCN1C[C@H]2CCCN2c2cc(Br)ccc2S1(=O)=O.CN1CCN(C2CCCC2)S(=O)(=O)c2ccccc21.CN1CCN(Cc2ccc(Cl)cc2)S(=O)(=O)c2cc(Cl)ccc21.CN1CCN(Cc2ccc(F)cc2)S(=O)(=O)c2ccc(Br)cc21.O=S1(=O)c2ccc(Br)cc2N2CCC[C@H]2CN1Cc1ccc(F)cc1. The summed E-state index contributed by atoms with van der Waals surface area (Å²) in [4.78, 5) is 14.6. The van der Waals surface area contributed by atoms with E-state index in [9.17, 15) is 59.3 Å². The zero-order valence-corrected chi connectivity index (χ0v) is 84.4. The molecular weight excluding hydrogens is 2010 g/mol. The lowest BCUT2D eigenvalue weighted by Crippen LogP contribution is -2.40. The van der Waals surface area contributed by atoms with E-state index in [0.29, 0.717) is 130 Å². The Hall–Kier alpha value is -6.88. The number of nitrogens with zero attached hydrogens (tertiary/aromatic N) is 12. The maximum absolute atomic E-state index is 13.2. The van der Waals surface area contributed by atoms with Crippen molar-refractivity contribution >= 4 is 165 Å². The molecule has 0 spiro atoms. The second-order valence-corrected chi connectivity index (χ2v) is 48.9. The molecule has 9 aromatic carbocycles. The third-order valence-corrected chi connectivity index (χ3v) is 37.9. The van der Waals surface area contributed by atoms with Gasteiger partial charge in [-0.05, 0) is 201 Å². The maximum Gasteiger partial charge on any atom is 0.245 e. The Morgan fingerprint density at radius 2 is 0.705 bits per heavy atom. The van der Waals surface area contributed by atoms with Crippen molar-refractivity contribution < 1.29 is 59.3 Å². The fraction of sp³-hybridized carbons (Fsp3) is 0.413. The average Bonchev–Trinajstić information content (AvgIpc) is 1.61. The second-order valence-electron chi connectivity index (χ2n) is 33.9. The minimum absolute atomic E-state index is 0.172. The molecule has 696 valence electrons. The standard InChI is InChI=1S/C18H18BrFN2O2S.C16H16BrFN2O2S.C16H16Cl2N2O2S.C15H21BrN2O2S.C14H20N2O2S.C13H20N2O2S/c19-14-5-8-18-17(10-14)22-9-1-2-16(22)12-21(25(18,23)24)11-13-3-6-15(20)7-4-13;1-19-8-9-20(11-12-2-5-14(18)6-3-12)23(21,22)16-7-4-13(17)10-15(16)19;1-19-8-9-20(11-12-2-4-13(17)5-3-12)23(21,22)16-10-14(18)6-7-15(16)19;1-2-3-8-17-11-13-5-4-9-18(13)14-10-12(16)6-7-15(14)21(17,19)20;1-15-10-11-16(12-6-2-3-7-12)19(17,18)14-9-5-4-8-13(14)15;1-11(2)10-15-9-8-14(3)12-6-4-5-7-13(12)18(15,16)17/h3-8,10,16H,1-2,9,11-12H2;2*2-7,10H,8-9,11H2,1H3;6-7,10,13H,2-5,8-9,11H2,1H3;4-5,8-9,12H,2-3,6-7,10-11H2,1H3;4-7,11H,8-10H2,1-3H3/t16-;;;13-;;/m0..1../s1. The van der Waals surface area contributed by atoms with Crippen molar-refractivity contribution in [3.05, 3.63) is 246 Å². The van der Waals surface area contributed by atoms with Gasteiger partial charge in [-0.25, -0.2) is 59.3 Å². The lowest BCUT2D eigenvalue weighted by atomic mass is 10.2. The van der Waals surface area contributed by atoms with Gasteiger partial charge in [0.25, 0.3) is 0 Å². The topological polar surface area (TPSA) is 244 Å². The molecule has 0 N–H and O–H groups in total. The van der Waals surface area contributed by atoms with Gasteiger partial charge in [-0.15, -0.1) is 0 Å². The van der Waals surface area contributed by atoms with Crippen molar-refractivity contribution in [1.82, 2.24) is 25.8 Å². The number of para-hydroxylation sites is 2. The van der Waals surface area contributed by atoms with Gasteiger partial charge in [-0.1, -0.05) is 172 Å². The Morgan fingerprint density at radius 1 is 0.349 bits per heavy atom. The highest BCUT2D eigenvalue weighted by Gasteiger charge is 2.43. The molecule has 0 aromatic heterocycles. The first kappa shape index (κ1) is 99.6. The van der Waals surface area contributed by atoms with E-state index in [-0.39, 0.29) is 41.7 Å². The molecular formula is C92H111Br3Cl2F2N12O12S6. The normalized spacial score (nSPS) is 20.9. The van der Waals surface area contributed by atoms with Gasteiger partial charge >= 0.3 is 0 Å². The fourth-order valence-electron chi connectivity index (χ4n) is 17.6. The van der Waals surface area contributed by atoms with Crippen molar-refractivity contribution in [2.24, 2.45) is 5.92 Å². The molecule has 9 aliphatic rings. The molecule has 0 unspecified atom stereocenters. The van der Waals surface area contributed by atoms with Crippen molar-refractivity contribution in [1.29, 1.82) is 0 Å². The van der Waals surface area contributed by atoms with Crippen LogP contribution in [0.1, 0.15) is 102 Å². The van der Waals surface area contributed by atoms with Crippen LogP contribution in [0.15, 0.2) is 237 Å². The summed E-state index contributed by atoms with van der Waals surface area (Å²) in [6, 6.07) is 55.4. The Kier molecular flexibility index (Phi) is 33.0. The Bertz CT molecular complexity index is 6190. The molecule has 8 heterocycles. The lowest BCUT2D eigenvalue weighted by Gasteiger charge is -2.26. The van der Waals surface area contributed by atoms with E-state index in [4.69, 9.17) is 23.2 Å². The van der Waals surface area contributed by atoms with Gasteiger partial charge in [-0.2, -0.15) is 25.8 Å².